The topological polar surface area (TPSA) is 9.23 Å². The van der Waals surface area contributed by atoms with Crippen molar-refractivity contribution in [3.8, 4) is 5.75 Å². The molecule has 3 heteroatoms. The predicted molar refractivity (Wildman–Crippen MR) is 83.5 cm³/mol. The Morgan fingerprint density at radius 1 is 1.26 bits per heavy atom. The van der Waals surface area contributed by atoms with Crippen molar-refractivity contribution >= 4 is 27.5 Å². The molecule has 0 aliphatic heterocycles. The van der Waals surface area contributed by atoms with Crippen molar-refractivity contribution in [1.29, 1.82) is 0 Å². The second-order valence-electron chi connectivity index (χ2n) is 6.01. The van der Waals surface area contributed by atoms with Gasteiger partial charge in [0.15, 0.2) is 0 Å². The highest BCUT2D eigenvalue weighted by Crippen LogP contribution is 2.56. The largest absolute Gasteiger partial charge is 0.490 e. The molecule has 1 spiro atoms. The van der Waals surface area contributed by atoms with Crippen LogP contribution in [-0.2, 0) is 0 Å². The summed E-state index contributed by atoms with van der Waals surface area (Å²) in [6, 6.07) is 5.98. The summed E-state index contributed by atoms with van der Waals surface area (Å²) in [4.78, 5) is 0.638. The Balaban J connectivity index is 1.74. The van der Waals surface area contributed by atoms with Gasteiger partial charge in [-0.1, -0.05) is 46.8 Å². The van der Waals surface area contributed by atoms with Gasteiger partial charge in [-0.3, -0.25) is 0 Å². The fourth-order valence-electron chi connectivity index (χ4n) is 3.56. The summed E-state index contributed by atoms with van der Waals surface area (Å²) in [5, 5.41) is 0.812. The highest BCUT2D eigenvalue weighted by atomic mass is 79.9. The van der Waals surface area contributed by atoms with E-state index in [1.807, 2.05) is 19.1 Å². The van der Waals surface area contributed by atoms with Crippen LogP contribution in [0.4, 0.5) is 0 Å². The van der Waals surface area contributed by atoms with Gasteiger partial charge >= 0.3 is 0 Å². The third kappa shape index (κ3) is 2.42. The number of aryl methyl sites for hydroxylation is 1. The molecule has 104 valence electrons. The van der Waals surface area contributed by atoms with Crippen LogP contribution in [0.5, 0.6) is 5.75 Å². The van der Waals surface area contributed by atoms with E-state index in [9.17, 15) is 0 Å². The number of halogens is 2. The molecule has 2 fully saturated rings. The van der Waals surface area contributed by atoms with Crippen LogP contribution in [0.2, 0.25) is 5.02 Å². The van der Waals surface area contributed by atoms with Gasteiger partial charge in [0, 0.05) is 15.3 Å². The molecule has 0 heterocycles. The van der Waals surface area contributed by atoms with Gasteiger partial charge in [0.1, 0.15) is 11.9 Å². The maximum absolute atomic E-state index is 6.26. The zero-order chi connectivity index (χ0) is 13.5. The minimum Gasteiger partial charge on any atom is -0.490 e. The van der Waals surface area contributed by atoms with Gasteiger partial charge in [-0.2, -0.15) is 0 Å². The van der Waals surface area contributed by atoms with Gasteiger partial charge in [-0.15, -0.1) is 0 Å². The molecule has 2 saturated carbocycles. The van der Waals surface area contributed by atoms with E-state index in [2.05, 4.69) is 22.0 Å². The second kappa shape index (κ2) is 5.29. The third-order valence-corrected chi connectivity index (χ3v) is 6.59. The molecule has 0 bridgehead atoms. The highest BCUT2D eigenvalue weighted by molar-refractivity contribution is 9.09. The van der Waals surface area contributed by atoms with Crippen LogP contribution in [-0.4, -0.2) is 10.9 Å². The maximum atomic E-state index is 6.26. The highest BCUT2D eigenvalue weighted by Gasteiger charge is 2.55. The lowest BCUT2D eigenvalue weighted by Crippen LogP contribution is -2.57. The SMILES string of the molecule is Cc1cc(OC2CC(Br)C23CCCCC3)ccc1Cl. The van der Waals surface area contributed by atoms with Crippen LogP contribution in [0.15, 0.2) is 18.2 Å². The maximum Gasteiger partial charge on any atom is 0.120 e. The van der Waals surface area contributed by atoms with E-state index in [4.69, 9.17) is 16.3 Å². The summed E-state index contributed by atoms with van der Waals surface area (Å²) < 4.78 is 6.26. The molecule has 1 nitrogen and oxygen atoms in total. The molecular formula is C16H20BrClO. The number of alkyl halides is 1. The number of rotatable bonds is 2. The Kier molecular flexibility index (Phi) is 3.83. The number of benzene rings is 1. The molecule has 0 saturated heterocycles. The van der Waals surface area contributed by atoms with Gasteiger partial charge in [0.25, 0.3) is 0 Å². The third-order valence-electron chi connectivity index (χ3n) is 4.88. The van der Waals surface area contributed by atoms with E-state index >= 15 is 0 Å². The van der Waals surface area contributed by atoms with Gasteiger partial charge < -0.3 is 4.74 Å². The van der Waals surface area contributed by atoms with Gasteiger partial charge in [0.2, 0.25) is 0 Å². The summed E-state index contributed by atoms with van der Waals surface area (Å²) >= 11 is 9.92. The van der Waals surface area contributed by atoms with E-state index in [0.717, 1.165) is 22.8 Å². The minimum absolute atomic E-state index is 0.373. The minimum atomic E-state index is 0.373. The summed E-state index contributed by atoms with van der Waals surface area (Å²) in [7, 11) is 0. The van der Waals surface area contributed by atoms with Crippen LogP contribution in [0, 0.1) is 12.3 Å². The molecular weight excluding hydrogens is 324 g/mol. The molecule has 1 aromatic carbocycles. The lowest BCUT2D eigenvalue weighted by Gasteiger charge is -2.55. The van der Waals surface area contributed by atoms with Crippen LogP contribution < -0.4 is 4.74 Å². The summed E-state index contributed by atoms with van der Waals surface area (Å²) in [6.45, 7) is 2.03. The van der Waals surface area contributed by atoms with E-state index in [1.165, 1.54) is 32.1 Å². The fraction of sp³-hybridized carbons (Fsp3) is 0.625. The molecule has 0 N–H and O–H groups in total. The van der Waals surface area contributed by atoms with Gasteiger partial charge in [-0.25, -0.2) is 0 Å². The monoisotopic (exact) mass is 342 g/mol. The number of hydrogen-bond donors (Lipinski definition) is 0. The lowest BCUT2D eigenvalue weighted by atomic mass is 9.58. The first-order valence-electron chi connectivity index (χ1n) is 7.19. The Hall–Kier alpha value is -0.210. The normalized spacial score (nSPS) is 29.0. The van der Waals surface area contributed by atoms with Crippen molar-refractivity contribution in [3.05, 3.63) is 28.8 Å². The Morgan fingerprint density at radius 2 is 2.00 bits per heavy atom. The molecule has 0 radical (unpaired) electrons. The Morgan fingerprint density at radius 3 is 2.63 bits per heavy atom. The molecule has 19 heavy (non-hydrogen) atoms. The smallest absolute Gasteiger partial charge is 0.120 e. The summed E-state index contributed by atoms with van der Waals surface area (Å²) in [6.07, 6.45) is 8.19. The molecule has 2 unspecified atom stereocenters. The first kappa shape index (κ1) is 13.8. The standard InChI is InChI=1S/C16H20BrClO/c1-11-9-12(5-6-13(11)18)19-15-10-14(17)16(15)7-3-2-4-8-16/h5-6,9,14-15H,2-4,7-8,10H2,1H3. The number of ether oxygens (including phenoxy) is 1. The molecule has 3 rings (SSSR count). The zero-order valence-corrected chi connectivity index (χ0v) is 13.6. The molecule has 2 aliphatic rings. The molecule has 2 atom stereocenters. The average molecular weight is 344 g/mol. The Labute approximate surface area is 128 Å². The van der Waals surface area contributed by atoms with Crippen molar-refractivity contribution in [1.82, 2.24) is 0 Å². The van der Waals surface area contributed by atoms with Gasteiger partial charge in [0.05, 0.1) is 0 Å². The van der Waals surface area contributed by atoms with E-state index < -0.39 is 0 Å². The lowest BCUT2D eigenvalue weighted by molar-refractivity contribution is -0.0601. The first-order valence-corrected chi connectivity index (χ1v) is 8.48. The van der Waals surface area contributed by atoms with Crippen molar-refractivity contribution in [2.45, 2.75) is 56.4 Å². The van der Waals surface area contributed by atoms with Crippen LogP contribution in [0.25, 0.3) is 0 Å². The Bertz CT molecular complexity index is 468. The molecule has 1 aromatic rings. The summed E-state index contributed by atoms with van der Waals surface area (Å²) in [5.74, 6) is 0.969. The molecule has 0 aromatic heterocycles. The van der Waals surface area contributed by atoms with Crippen LogP contribution in [0.1, 0.15) is 44.1 Å². The zero-order valence-electron chi connectivity index (χ0n) is 11.3. The summed E-state index contributed by atoms with van der Waals surface area (Å²) in [5.41, 5.74) is 1.47. The van der Waals surface area contributed by atoms with Crippen LogP contribution >= 0.6 is 27.5 Å². The van der Waals surface area contributed by atoms with Crippen molar-refractivity contribution in [2.24, 2.45) is 5.41 Å². The molecule has 0 amide bonds. The van der Waals surface area contributed by atoms with E-state index in [0.29, 0.717) is 16.3 Å². The van der Waals surface area contributed by atoms with Crippen molar-refractivity contribution in [3.63, 3.8) is 0 Å². The molecule has 2 aliphatic carbocycles. The van der Waals surface area contributed by atoms with E-state index in [-0.39, 0.29) is 0 Å². The second-order valence-corrected chi connectivity index (χ2v) is 7.53. The van der Waals surface area contributed by atoms with E-state index in [1.54, 1.807) is 0 Å². The van der Waals surface area contributed by atoms with Crippen molar-refractivity contribution < 1.29 is 4.74 Å². The quantitative estimate of drug-likeness (QED) is 0.643. The fourth-order valence-corrected chi connectivity index (χ4v) is 4.77. The first-order chi connectivity index (χ1) is 9.12. The van der Waals surface area contributed by atoms with Gasteiger partial charge in [-0.05, 0) is 49.9 Å². The predicted octanol–water partition coefficient (Wildman–Crippen LogP) is 5.51. The number of hydrogen-bond acceptors (Lipinski definition) is 1. The average Bonchev–Trinajstić information content (AvgIpc) is 2.43. The van der Waals surface area contributed by atoms with Crippen molar-refractivity contribution in [2.75, 3.05) is 0 Å². The van der Waals surface area contributed by atoms with Crippen LogP contribution in [0.3, 0.4) is 0 Å².